The monoisotopic (exact) mass is 290 g/mol. The molecule has 0 bridgehead atoms. The Labute approximate surface area is 123 Å². The minimum Gasteiger partial charge on any atom is -0.497 e. The third-order valence-electron chi connectivity index (χ3n) is 3.05. The van der Waals surface area contributed by atoms with Crippen LogP contribution in [0.1, 0.15) is 19.7 Å². The van der Waals surface area contributed by atoms with Gasteiger partial charge in [0.1, 0.15) is 17.3 Å². The summed E-state index contributed by atoms with van der Waals surface area (Å²) in [6, 6.07) is 5.32. The summed E-state index contributed by atoms with van der Waals surface area (Å²) >= 11 is 0. The minimum atomic E-state index is -0.0581. The summed E-state index contributed by atoms with van der Waals surface area (Å²) in [5, 5.41) is 3.90. The molecule has 1 aromatic heterocycles. The zero-order chi connectivity index (χ0) is 15.4. The Balaban J connectivity index is 2.26. The molecule has 0 aliphatic carbocycles. The third-order valence-corrected chi connectivity index (χ3v) is 3.05. The van der Waals surface area contributed by atoms with Crippen LogP contribution < -0.4 is 9.47 Å². The van der Waals surface area contributed by atoms with Gasteiger partial charge < -0.3 is 14.0 Å². The Morgan fingerprint density at radius 3 is 2.33 bits per heavy atom. The smallest absolute Gasteiger partial charge is 0.234 e. The fraction of sp³-hybridized carbons (Fsp3) is 0.400. The van der Waals surface area contributed by atoms with Gasteiger partial charge in [0, 0.05) is 17.5 Å². The van der Waals surface area contributed by atoms with Crippen molar-refractivity contribution in [3.8, 4) is 22.9 Å². The molecule has 112 valence electrons. The van der Waals surface area contributed by atoms with Crippen molar-refractivity contribution in [2.75, 3.05) is 14.2 Å². The Kier molecular flexibility index (Phi) is 4.57. The Morgan fingerprint density at radius 1 is 1.19 bits per heavy atom. The van der Waals surface area contributed by atoms with E-state index in [1.54, 1.807) is 32.4 Å². The summed E-state index contributed by atoms with van der Waals surface area (Å²) < 4.78 is 15.5. The van der Waals surface area contributed by atoms with Crippen molar-refractivity contribution in [1.82, 2.24) is 10.1 Å². The van der Waals surface area contributed by atoms with E-state index >= 15 is 0 Å². The lowest BCUT2D eigenvalue weighted by molar-refractivity contribution is -0.121. The second kappa shape index (κ2) is 6.39. The number of ketones is 1. The number of Topliss-reactive ketones (excluding diaryl/α,β-unsaturated/α-hetero) is 1. The van der Waals surface area contributed by atoms with E-state index in [9.17, 15) is 4.79 Å². The van der Waals surface area contributed by atoms with Crippen molar-refractivity contribution in [3.63, 3.8) is 0 Å². The molecular formula is C15H18N2O4. The molecule has 0 saturated carbocycles. The quantitative estimate of drug-likeness (QED) is 0.813. The van der Waals surface area contributed by atoms with Gasteiger partial charge in [-0.2, -0.15) is 4.98 Å². The van der Waals surface area contributed by atoms with E-state index in [1.807, 2.05) is 13.8 Å². The van der Waals surface area contributed by atoms with Gasteiger partial charge in [-0.1, -0.05) is 19.0 Å². The molecule has 21 heavy (non-hydrogen) atoms. The Morgan fingerprint density at radius 2 is 1.81 bits per heavy atom. The first-order valence-corrected chi connectivity index (χ1v) is 6.62. The second-order valence-corrected chi connectivity index (χ2v) is 4.91. The van der Waals surface area contributed by atoms with E-state index < -0.39 is 0 Å². The summed E-state index contributed by atoms with van der Waals surface area (Å²) in [6.45, 7) is 3.68. The predicted molar refractivity (Wildman–Crippen MR) is 76.4 cm³/mol. The number of methoxy groups -OCH3 is 2. The number of aromatic nitrogens is 2. The van der Waals surface area contributed by atoms with E-state index in [2.05, 4.69) is 10.1 Å². The molecule has 0 N–H and O–H groups in total. The molecule has 0 atom stereocenters. The molecule has 0 aliphatic heterocycles. The van der Waals surface area contributed by atoms with Gasteiger partial charge in [-0.3, -0.25) is 4.79 Å². The molecule has 0 fully saturated rings. The lowest BCUT2D eigenvalue weighted by Gasteiger charge is -2.05. The van der Waals surface area contributed by atoms with Gasteiger partial charge >= 0.3 is 0 Å². The van der Waals surface area contributed by atoms with Crippen LogP contribution >= 0.6 is 0 Å². The van der Waals surface area contributed by atoms with Crippen molar-refractivity contribution in [1.29, 1.82) is 0 Å². The van der Waals surface area contributed by atoms with Crippen LogP contribution in [0, 0.1) is 5.92 Å². The molecule has 6 nitrogen and oxygen atoms in total. The molecule has 2 rings (SSSR count). The number of rotatable bonds is 6. The zero-order valence-corrected chi connectivity index (χ0v) is 12.5. The van der Waals surface area contributed by atoms with Crippen molar-refractivity contribution in [3.05, 3.63) is 24.1 Å². The molecule has 1 aromatic carbocycles. The average Bonchev–Trinajstić information content (AvgIpc) is 2.95. The number of hydrogen-bond acceptors (Lipinski definition) is 6. The van der Waals surface area contributed by atoms with Gasteiger partial charge in [-0.05, 0) is 12.1 Å². The van der Waals surface area contributed by atoms with Crippen LogP contribution in [0.5, 0.6) is 11.5 Å². The normalized spacial score (nSPS) is 10.7. The maximum atomic E-state index is 11.7. The molecule has 0 aliphatic rings. The van der Waals surface area contributed by atoms with Crippen LogP contribution in [-0.4, -0.2) is 30.1 Å². The number of carbonyl (C=O) groups excluding carboxylic acids is 1. The molecule has 2 aromatic rings. The maximum Gasteiger partial charge on any atom is 0.234 e. The second-order valence-electron chi connectivity index (χ2n) is 4.91. The first-order valence-electron chi connectivity index (χ1n) is 6.62. The molecule has 0 spiro atoms. The van der Waals surface area contributed by atoms with Crippen LogP contribution in [0.15, 0.2) is 22.7 Å². The van der Waals surface area contributed by atoms with Crippen LogP contribution in [-0.2, 0) is 11.2 Å². The predicted octanol–water partition coefficient (Wildman–Crippen LogP) is 2.52. The van der Waals surface area contributed by atoms with E-state index in [1.165, 1.54) is 0 Å². The maximum absolute atomic E-state index is 11.7. The highest BCUT2D eigenvalue weighted by Gasteiger charge is 2.15. The topological polar surface area (TPSA) is 74.5 Å². The molecule has 6 heteroatoms. The van der Waals surface area contributed by atoms with Crippen LogP contribution in [0.3, 0.4) is 0 Å². The highest BCUT2D eigenvalue weighted by molar-refractivity contribution is 5.81. The van der Waals surface area contributed by atoms with Crippen LogP contribution in [0.2, 0.25) is 0 Å². The Bertz CT molecular complexity index is 612. The van der Waals surface area contributed by atoms with Gasteiger partial charge in [0.25, 0.3) is 0 Å². The van der Waals surface area contributed by atoms with Crippen molar-refractivity contribution < 1.29 is 18.8 Å². The summed E-state index contributed by atoms with van der Waals surface area (Å²) in [7, 11) is 3.14. The molecule has 0 amide bonds. The van der Waals surface area contributed by atoms with E-state index in [-0.39, 0.29) is 18.1 Å². The molecular weight excluding hydrogens is 272 g/mol. The third kappa shape index (κ3) is 3.59. The fourth-order valence-electron chi connectivity index (χ4n) is 1.73. The summed E-state index contributed by atoms with van der Waals surface area (Å²) in [4.78, 5) is 15.9. The lowest BCUT2D eigenvalue weighted by atomic mass is 10.1. The highest BCUT2D eigenvalue weighted by Crippen LogP contribution is 2.28. The van der Waals surface area contributed by atoms with Gasteiger partial charge in [0.15, 0.2) is 0 Å². The average molecular weight is 290 g/mol. The van der Waals surface area contributed by atoms with Crippen molar-refractivity contribution >= 4 is 5.78 Å². The van der Waals surface area contributed by atoms with Crippen molar-refractivity contribution in [2.24, 2.45) is 5.92 Å². The van der Waals surface area contributed by atoms with E-state index in [0.29, 0.717) is 28.8 Å². The first kappa shape index (κ1) is 15.0. The minimum absolute atomic E-state index is 0.0581. The largest absolute Gasteiger partial charge is 0.497 e. The van der Waals surface area contributed by atoms with Gasteiger partial charge in [-0.25, -0.2) is 0 Å². The van der Waals surface area contributed by atoms with Gasteiger partial charge in [0.2, 0.25) is 11.7 Å². The van der Waals surface area contributed by atoms with Gasteiger partial charge in [0.05, 0.1) is 20.6 Å². The summed E-state index contributed by atoms with van der Waals surface area (Å²) in [5.74, 6) is 1.98. The van der Waals surface area contributed by atoms with E-state index in [0.717, 1.165) is 0 Å². The van der Waals surface area contributed by atoms with Crippen LogP contribution in [0.4, 0.5) is 0 Å². The molecule has 0 unspecified atom stereocenters. The fourth-order valence-corrected chi connectivity index (χ4v) is 1.73. The van der Waals surface area contributed by atoms with Crippen LogP contribution in [0.25, 0.3) is 11.4 Å². The summed E-state index contributed by atoms with van der Waals surface area (Å²) in [5.41, 5.74) is 0.707. The highest BCUT2D eigenvalue weighted by atomic mass is 16.5. The SMILES string of the molecule is COc1cc(OC)cc(-c2noc(CC(=O)C(C)C)n2)c1. The standard InChI is InChI=1S/C15H18N2O4/c1-9(2)13(18)8-14-16-15(17-21-14)10-5-11(19-3)7-12(6-10)20-4/h5-7,9H,8H2,1-4H3. The number of ether oxygens (including phenoxy) is 2. The molecule has 0 saturated heterocycles. The zero-order valence-electron chi connectivity index (χ0n) is 12.5. The molecule has 1 heterocycles. The lowest BCUT2D eigenvalue weighted by Crippen LogP contribution is -2.10. The Hall–Kier alpha value is -2.37. The van der Waals surface area contributed by atoms with Gasteiger partial charge in [-0.15, -0.1) is 0 Å². The number of hydrogen-bond donors (Lipinski definition) is 0. The van der Waals surface area contributed by atoms with E-state index in [4.69, 9.17) is 14.0 Å². The number of benzene rings is 1. The number of carbonyl (C=O) groups is 1. The number of nitrogens with zero attached hydrogens (tertiary/aromatic N) is 2. The summed E-state index contributed by atoms with van der Waals surface area (Å²) in [6.07, 6.45) is 0.145. The molecule has 0 radical (unpaired) electrons. The first-order chi connectivity index (χ1) is 10.0. The van der Waals surface area contributed by atoms with Crippen molar-refractivity contribution in [2.45, 2.75) is 20.3 Å².